The Bertz CT molecular complexity index is 886. The lowest BCUT2D eigenvalue weighted by Gasteiger charge is -1.95. The number of nitrogens with one attached hydrogen (secondary N) is 1. The molecule has 0 aliphatic heterocycles. The Labute approximate surface area is 151 Å². The molecule has 132 valence electrons. The van der Waals surface area contributed by atoms with Crippen LogP contribution in [0, 0.1) is 6.92 Å². The van der Waals surface area contributed by atoms with E-state index in [9.17, 15) is 4.79 Å². The van der Waals surface area contributed by atoms with Crippen LogP contribution < -0.4 is 5.56 Å². The van der Waals surface area contributed by atoms with Crippen LogP contribution in [-0.2, 0) is 0 Å². The number of aromatic nitrogens is 3. The Balaban J connectivity index is 1.73. The average Bonchev–Trinajstić information content (AvgIpc) is 3.16. The molecule has 1 N–H and O–H groups in total. The van der Waals surface area contributed by atoms with E-state index in [0.29, 0.717) is 10.7 Å². The normalized spacial score (nSPS) is 11.8. The van der Waals surface area contributed by atoms with Gasteiger partial charge in [-0.3, -0.25) is 14.9 Å². The van der Waals surface area contributed by atoms with Crippen LogP contribution >= 0.6 is 11.3 Å². The van der Waals surface area contributed by atoms with Crippen molar-refractivity contribution in [2.24, 2.45) is 4.99 Å². The molecule has 2 aromatic heterocycles. The molecule has 0 aliphatic rings. The number of hydrogen-bond donors (Lipinski definition) is 1. The monoisotopic (exact) mass is 356 g/mol. The SMILES string of the molecule is CCCCCCCN=Cc1c(C)[nH]n(-c2nc3ccccc3s2)c1=O. The van der Waals surface area contributed by atoms with Gasteiger partial charge in [0.25, 0.3) is 5.56 Å². The standard InChI is InChI=1S/C19H24N4OS/c1-3-4-5-6-9-12-20-13-15-14(2)22-23(18(15)24)19-21-16-10-7-8-11-17(16)25-19/h7-8,10-11,13,22H,3-6,9,12H2,1-2H3. The molecule has 6 heteroatoms. The Kier molecular flexibility index (Phi) is 5.81. The molecule has 5 nitrogen and oxygen atoms in total. The summed E-state index contributed by atoms with van der Waals surface area (Å²) in [5, 5.41) is 3.78. The Morgan fingerprint density at radius 3 is 2.84 bits per heavy atom. The number of nitrogens with zero attached hydrogens (tertiary/aromatic N) is 3. The minimum Gasteiger partial charge on any atom is -0.293 e. The van der Waals surface area contributed by atoms with Crippen LogP contribution in [0.1, 0.15) is 50.3 Å². The first kappa shape index (κ1) is 17.6. The summed E-state index contributed by atoms with van der Waals surface area (Å²) < 4.78 is 2.58. The number of hydrogen-bond acceptors (Lipinski definition) is 4. The van der Waals surface area contributed by atoms with E-state index in [-0.39, 0.29) is 5.56 Å². The highest BCUT2D eigenvalue weighted by molar-refractivity contribution is 7.20. The van der Waals surface area contributed by atoms with E-state index in [0.717, 1.165) is 28.9 Å². The molecule has 0 fully saturated rings. The predicted octanol–water partition coefficient (Wildman–Crippen LogP) is 4.47. The summed E-state index contributed by atoms with van der Waals surface area (Å²) in [6.45, 7) is 4.88. The molecule has 0 amide bonds. The second-order valence-corrected chi connectivity index (χ2v) is 7.21. The van der Waals surface area contributed by atoms with E-state index in [1.807, 2.05) is 31.2 Å². The van der Waals surface area contributed by atoms with E-state index in [2.05, 4.69) is 22.0 Å². The van der Waals surface area contributed by atoms with Crippen LogP contribution in [0.2, 0.25) is 0 Å². The van der Waals surface area contributed by atoms with Gasteiger partial charge in [-0.05, 0) is 25.5 Å². The third kappa shape index (κ3) is 4.07. The Morgan fingerprint density at radius 2 is 2.04 bits per heavy atom. The van der Waals surface area contributed by atoms with E-state index in [1.165, 1.54) is 41.7 Å². The van der Waals surface area contributed by atoms with Crippen LogP contribution in [0.15, 0.2) is 34.1 Å². The fourth-order valence-electron chi connectivity index (χ4n) is 2.76. The van der Waals surface area contributed by atoms with E-state index in [4.69, 9.17) is 0 Å². The van der Waals surface area contributed by atoms with Crippen molar-refractivity contribution in [2.45, 2.75) is 46.0 Å². The molecular weight excluding hydrogens is 332 g/mol. The average molecular weight is 356 g/mol. The molecule has 0 saturated heterocycles. The van der Waals surface area contributed by atoms with Gasteiger partial charge in [-0.2, -0.15) is 4.68 Å². The van der Waals surface area contributed by atoms with Gasteiger partial charge in [0, 0.05) is 18.5 Å². The van der Waals surface area contributed by atoms with Crippen LogP contribution in [0.5, 0.6) is 0 Å². The van der Waals surface area contributed by atoms with Crippen molar-refractivity contribution < 1.29 is 0 Å². The van der Waals surface area contributed by atoms with Gasteiger partial charge in [-0.15, -0.1) is 0 Å². The van der Waals surface area contributed by atoms with Gasteiger partial charge in [-0.25, -0.2) is 4.98 Å². The predicted molar refractivity (Wildman–Crippen MR) is 106 cm³/mol. The van der Waals surface area contributed by atoms with E-state index in [1.54, 1.807) is 6.21 Å². The second-order valence-electron chi connectivity index (χ2n) is 6.20. The molecule has 25 heavy (non-hydrogen) atoms. The molecular formula is C19H24N4OS. The number of rotatable bonds is 8. The highest BCUT2D eigenvalue weighted by atomic mass is 32.1. The number of H-pyrrole nitrogens is 1. The number of aromatic amines is 1. The Hall–Kier alpha value is -2.21. The third-order valence-electron chi connectivity index (χ3n) is 4.20. The largest absolute Gasteiger partial charge is 0.293 e. The molecule has 0 unspecified atom stereocenters. The number of unbranched alkanes of at least 4 members (excludes halogenated alkanes) is 4. The van der Waals surface area contributed by atoms with Gasteiger partial charge in [0.1, 0.15) is 0 Å². The van der Waals surface area contributed by atoms with Crippen LogP contribution in [-0.4, -0.2) is 27.5 Å². The summed E-state index contributed by atoms with van der Waals surface area (Å²) in [6.07, 6.45) is 7.78. The van der Waals surface area contributed by atoms with Gasteiger partial charge in [0.05, 0.1) is 15.8 Å². The van der Waals surface area contributed by atoms with Crippen molar-refractivity contribution in [3.63, 3.8) is 0 Å². The molecule has 0 radical (unpaired) electrons. The zero-order valence-corrected chi connectivity index (χ0v) is 15.6. The topological polar surface area (TPSA) is 63.0 Å². The van der Waals surface area contributed by atoms with Gasteiger partial charge in [-0.1, -0.05) is 56.1 Å². The molecule has 3 rings (SSSR count). The lowest BCUT2D eigenvalue weighted by atomic mass is 10.1. The minimum absolute atomic E-state index is 0.0914. The van der Waals surface area contributed by atoms with Gasteiger partial charge in [0.2, 0.25) is 5.13 Å². The summed E-state index contributed by atoms with van der Waals surface area (Å²) in [5.41, 5.74) is 2.25. The molecule has 0 atom stereocenters. The molecule has 0 aliphatic carbocycles. The number of aliphatic imine (C=N–C) groups is 1. The van der Waals surface area contributed by atoms with Crippen LogP contribution in [0.25, 0.3) is 15.3 Å². The maximum Gasteiger partial charge on any atom is 0.282 e. The smallest absolute Gasteiger partial charge is 0.282 e. The highest BCUT2D eigenvalue weighted by Crippen LogP contribution is 2.23. The summed E-state index contributed by atoms with van der Waals surface area (Å²) in [7, 11) is 0. The number of thiazole rings is 1. The van der Waals surface area contributed by atoms with Crippen LogP contribution in [0.3, 0.4) is 0 Å². The summed E-state index contributed by atoms with van der Waals surface area (Å²) in [5.74, 6) is 0. The first-order valence-electron chi connectivity index (χ1n) is 8.88. The van der Waals surface area contributed by atoms with Crippen molar-refractivity contribution in [1.82, 2.24) is 14.8 Å². The maximum atomic E-state index is 12.7. The molecule has 0 bridgehead atoms. The minimum atomic E-state index is -0.0914. The first-order valence-corrected chi connectivity index (χ1v) is 9.69. The van der Waals surface area contributed by atoms with Crippen molar-refractivity contribution in [3.05, 3.63) is 45.9 Å². The van der Waals surface area contributed by atoms with E-state index >= 15 is 0 Å². The van der Waals surface area contributed by atoms with Crippen molar-refractivity contribution in [3.8, 4) is 5.13 Å². The van der Waals surface area contributed by atoms with Crippen molar-refractivity contribution in [1.29, 1.82) is 0 Å². The zero-order valence-electron chi connectivity index (χ0n) is 14.8. The maximum absolute atomic E-state index is 12.7. The van der Waals surface area contributed by atoms with Gasteiger partial charge >= 0.3 is 0 Å². The third-order valence-corrected chi connectivity index (χ3v) is 5.22. The molecule has 3 aromatic rings. The summed E-state index contributed by atoms with van der Waals surface area (Å²) >= 11 is 1.50. The molecule has 0 spiro atoms. The highest BCUT2D eigenvalue weighted by Gasteiger charge is 2.13. The van der Waals surface area contributed by atoms with Gasteiger partial charge < -0.3 is 0 Å². The molecule has 1 aromatic carbocycles. The summed E-state index contributed by atoms with van der Waals surface area (Å²) in [6, 6.07) is 7.90. The molecule has 2 heterocycles. The Morgan fingerprint density at radius 1 is 1.24 bits per heavy atom. The van der Waals surface area contributed by atoms with Crippen molar-refractivity contribution in [2.75, 3.05) is 6.54 Å². The number of fused-ring (bicyclic) bond motifs is 1. The quantitative estimate of drug-likeness (QED) is 0.478. The van der Waals surface area contributed by atoms with Crippen LogP contribution in [0.4, 0.5) is 0 Å². The van der Waals surface area contributed by atoms with E-state index < -0.39 is 0 Å². The number of aryl methyl sites for hydroxylation is 1. The lowest BCUT2D eigenvalue weighted by molar-refractivity contribution is 0.639. The number of benzene rings is 1. The fraction of sp³-hybridized carbons (Fsp3) is 0.421. The summed E-state index contributed by atoms with van der Waals surface area (Å²) in [4.78, 5) is 21.7. The lowest BCUT2D eigenvalue weighted by Crippen LogP contribution is -2.17. The number of para-hydroxylation sites is 1. The van der Waals surface area contributed by atoms with Crippen molar-refractivity contribution >= 4 is 27.8 Å². The zero-order chi connectivity index (χ0) is 17.6. The molecule has 0 saturated carbocycles. The van der Waals surface area contributed by atoms with Gasteiger partial charge in [0.15, 0.2) is 0 Å². The first-order chi connectivity index (χ1) is 12.2. The second kappa shape index (κ2) is 8.25. The fourth-order valence-corrected chi connectivity index (χ4v) is 3.69.